The van der Waals surface area contributed by atoms with Gasteiger partial charge in [-0.15, -0.1) is 24.0 Å². The first kappa shape index (κ1) is 25.2. The third kappa shape index (κ3) is 7.89. The van der Waals surface area contributed by atoms with Gasteiger partial charge < -0.3 is 20.5 Å². The second-order valence-corrected chi connectivity index (χ2v) is 8.02. The van der Waals surface area contributed by atoms with E-state index in [-0.39, 0.29) is 36.1 Å². The molecule has 0 radical (unpaired) electrons. The fraction of sp³-hybridized carbons (Fsp3) is 0.409. The number of aliphatic imine (C=N–C) groups is 1. The lowest BCUT2D eigenvalue weighted by Gasteiger charge is -2.22. The summed E-state index contributed by atoms with van der Waals surface area (Å²) in [6, 6.07) is 13.6. The monoisotopic (exact) mass is 563 g/mol. The van der Waals surface area contributed by atoms with Crippen molar-refractivity contribution in [1.29, 1.82) is 0 Å². The third-order valence-corrected chi connectivity index (χ3v) is 5.43. The van der Waals surface area contributed by atoms with Gasteiger partial charge in [0.15, 0.2) is 5.96 Å². The average molecular weight is 564 g/mol. The van der Waals surface area contributed by atoms with E-state index >= 15 is 0 Å². The Labute approximate surface area is 205 Å². The Balaban J connectivity index is 0.00000320. The molecule has 1 aliphatic rings. The van der Waals surface area contributed by atoms with Crippen molar-refractivity contribution < 1.29 is 9.47 Å². The van der Waals surface area contributed by atoms with Crippen molar-refractivity contribution in [3.63, 3.8) is 0 Å². The summed E-state index contributed by atoms with van der Waals surface area (Å²) >= 11 is 12.2. The molecule has 0 bridgehead atoms. The van der Waals surface area contributed by atoms with Gasteiger partial charge >= 0.3 is 0 Å². The number of nitrogens with two attached hydrogens (primary N) is 1. The van der Waals surface area contributed by atoms with E-state index in [1.54, 1.807) is 6.07 Å². The molecule has 1 fully saturated rings. The van der Waals surface area contributed by atoms with Crippen LogP contribution in [0.1, 0.15) is 42.5 Å². The number of ether oxygens (including phenoxy) is 2. The third-order valence-electron chi connectivity index (χ3n) is 4.87. The zero-order valence-electron chi connectivity index (χ0n) is 16.9. The highest BCUT2D eigenvalue weighted by molar-refractivity contribution is 14.0. The van der Waals surface area contributed by atoms with Crippen molar-refractivity contribution in [3.05, 3.63) is 69.2 Å². The van der Waals surface area contributed by atoms with Crippen LogP contribution in [0.15, 0.2) is 47.5 Å². The van der Waals surface area contributed by atoms with Crippen LogP contribution in [0.2, 0.25) is 10.0 Å². The predicted molar refractivity (Wildman–Crippen MR) is 134 cm³/mol. The second-order valence-electron chi connectivity index (χ2n) is 7.18. The van der Waals surface area contributed by atoms with Crippen LogP contribution in [0.3, 0.4) is 0 Å². The SMILES string of the molecule is CC(NC(N)=NCc1cccc(COC2CCOCC2)c1)c1ccc(Cl)cc1Cl.I. The van der Waals surface area contributed by atoms with Crippen molar-refractivity contribution >= 4 is 53.1 Å². The van der Waals surface area contributed by atoms with E-state index in [1.807, 2.05) is 31.2 Å². The lowest BCUT2D eigenvalue weighted by atomic mass is 10.1. The molecular weight excluding hydrogens is 536 g/mol. The summed E-state index contributed by atoms with van der Waals surface area (Å²) in [4.78, 5) is 4.46. The van der Waals surface area contributed by atoms with E-state index in [2.05, 4.69) is 22.4 Å². The van der Waals surface area contributed by atoms with Crippen molar-refractivity contribution in [1.82, 2.24) is 5.32 Å². The van der Waals surface area contributed by atoms with Crippen LogP contribution in [0.5, 0.6) is 0 Å². The number of guanidine groups is 1. The molecule has 0 aromatic heterocycles. The first-order valence-corrected chi connectivity index (χ1v) is 10.6. The first-order valence-electron chi connectivity index (χ1n) is 9.80. The quantitative estimate of drug-likeness (QED) is 0.266. The molecular formula is C22H28Cl2IN3O2. The molecule has 1 saturated heterocycles. The van der Waals surface area contributed by atoms with Gasteiger partial charge in [0.05, 0.1) is 25.3 Å². The van der Waals surface area contributed by atoms with Gasteiger partial charge in [0.25, 0.3) is 0 Å². The van der Waals surface area contributed by atoms with E-state index in [0.717, 1.165) is 42.7 Å². The Kier molecular flexibility index (Phi) is 10.7. The van der Waals surface area contributed by atoms with Crippen molar-refractivity contribution in [2.75, 3.05) is 13.2 Å². The first-order chi connectivity index (χ1) is 14.0. The van der Waals surface area contributed by atoms with Gasteiger partial charge in [-0.1, -0.05) is 53.5 Å². The fourth-order valence-electron chi connectivity index (χ4n) is 3.25. The Hall–Kier alpha value is -1.06. The number of nitrogens with zero attached hydrogens (tertiary/aromatic N) is 1. The Bertz CT molecular complexity index is 845. The number of halogens is 3. The molecule has 3 rings (SSSR count). The van der Waals surface area contributed by atoms with E-state index in [9.17, 15) is 0 Å². The van der Waals surface area contributed by atoms with Gasteiger partial charge in [0.1, 0.15) is 0 Å². The largest absolute Gasteiger partial charge is 0.381 e. The minimum atomic E-state index is -0.0808. The minimum Gasteiger partial charge on any atom is -0.381 e. The maximum atomic E-state index is 6.26. The highest BCUT2D eigenvalue weighted by Gasteiger charge is 2.14. The molecule has 3 N–H and O–H groups in total. The Morgan fingerprint density at radius 1 is 1.20 bits per heavy atom. The molecule has 0 spiro atoms. The Morgan fingerprint density at radius 3 is 2.67 bits per heavy atom. The maximum absolute atomic E-state index is 6.26. The highest BCUT2D eigenvalue weighted by atomic mass is 127. The normalized spacial score (nSPS) is 16.0. The van der Waals surface area contributed by atoms with Gasteiger partial charge in [0, 0.05) is 23.3 Å². The molecule has 8 heteroatoms. The number of benzene rings is 2. The summed E-state index contributed by atoms with van der Waals surface area (Å²) in [6.07, 6.45) is 2.20. The second kappa shape index (κ2) is 12.7. The average Bonchev–Trinajstić information content (AvgIpc) is 2.72. The molecule has 0 saturated carbocycles. The van der Waals surface area contributed by atoms with Gasteiger partial charge in [-0.25, -0.2) is 4.99 Å². The molecule has 0 aliphatic carbocycles. The van der Waals surface area contributed by atoms with Gasteiger partial charge in [-0.05, 0) is 48.6 Å². The zero-order chi connectivity index (χ0) is 20.6. The van der Waals surface area contributed by atoms with Crippen LogP contribution in [0.4, 0.5) is 0 Å². The molecule has 0 amide bonds. The summed E-state index contributed by atoms with van der Waals surface area (Å²) in [5.41, 5.74) is 9.20. The molecule has 1 aliphatic heterocycles. The molecule has 1 heterocycles. The van der Waals surface area contributed by atoms with Crippen LogP contribution < -0.4 is 11.1 Å². The van der Waals surface area contributed by atoms with Crippen LogP contribution in [-0.2, 0) is 22.6 Å². The molecule has 2 aromatic carbocycles. The van der Waals surface area contributed by atoms with Gasteiger partial charge in [-0.3, -0.25) is 0 Å². The van der Waals surface area contributed by atoms with Crippen LogP contribution >= 0.6 is 47.2 Å². The lowest BCUT2D eigenvalue weighted by Crippen LogP contribution is -2.34. The molecule has 1 atom stereocenters. The van der Waals surface area contributed by atoms with Crippen LogP contribution in [0, 0.1) is 0 Å². The molecule has 5 nitrogen and oxygen atoms in total. The summed E-state index contributed by atoms with van der Waals surface area (Å²) in [5.74, 6) is 0.368. The van der Waals surface area contributed by atoms with Crippen molar-refractivity contribution in [3.8, 4) is 0 Å². The molecule has 1 unspecified atom stereocenters. The van der Waals surface area contributed by atoms with Crippen molar-refractivity contribution in [2.45, 2.75) is 45.1 Å². The lowest BCUT2D eigenvalue weighted by molar-refractivity contribution is -0.0390. The van der Waals surface area contributed by atoms with Crippen molar-refractivity contribution in [2.24, 2.45) is 10.7 Å². The number of nitrogens with one attached hydrogen (secondary N) is 1. The minimum absolute atomic E-state index is 0. The Morgan fingerprint density at radius 2 is 1.93 bits per heavy atom. The predicted octanol–water partition coefficient (Wildman–Crippen LogP) is 5.47. The zero-order valence-corrected chi connectivity index (χ0v) is 20.8. The van der Waals surface area contributed by atoms with E-state index in [1.165, 1.54) is 0 Å². The number of rotatable bonds is 7. The molecule has 2 aromatic rings. The fourth-order valence-corrected chi connectivity index (χ4v) is 3.82. The van der Waals surface area contributed by atoms with Gasteiger partial charge in [-0.2, -0.15) is 0 Å². The molecule has 164 valence electrons. The highest BCUT2D eigenvalue weighted by Crippen LogP contribution is 2.26. The van der Waals surface area contributed by atoms with E-state index < -0.39 is 0 Å². The summed E-state index contributed by atoms with van der Waals surface area (Å²) in [6.45, 7) is 4.63. The molecule has 30 heavy (non-hydrogen) atoms. The van der Waals surface area contributed by atoms with Crippen LogP contribution in [0.25, 0.3) is 0 Å². The summed E-state index contributed by atoms with van der Waals surface area (Å²) in [7, 11) is 0. The topological polar surface area (TPSA) is 68.9 Å². The number of hydrogen-bond donors (Lipinski definition) is 2. The van der Waals surface area contributed by atoms with Gasteiger partial charge in [0.2, 0.25) is 0 Å². The summed E-state index contributed by atoms with van der Waals surface area (Å²) in [5, 5.41) is 4.38. The summed E-state index contributed by atoms with van der Waals surface area (Å²) < 4.78 is 11.4. The smallest absolute Gasteiger partial charge is 0.189 e. The maximum Gasteiger partial charge on any atom is 0.189 e. The van der Waals surface area contributed by atoms with Crippen LogP contribution in [-0.4, -0.2) is 25.3 Å². The standard InChI is InChI=1S/C22H27Cl2N3O2.HI/c1-15(20-6-5-18(23)12-21(20)24)27-22(25)26-13-16-3-2-4-17(11-16)14-29-19-7-9-28-10-8-19;/h2-6,11-12,15,19H,7-10,13-14H2,1H3,(H3,25,26,27);1H. The van der Waals surface area contributed by atoms with E-state index in [0.29, 0.717) is 29.2 Å². The van der Waals surface area contributed by atoms with E-state index in [4.69, 9.17) is 38.4 Å². The number of hydrogen-bond acceptors (Lipinski definition) is 3.